The number of hydrogen-bond donors (Lipinski definition) is 2. The molecule has 1 aliphatic rings. The first kappa shape index (κ1) is 13.1. The van der Waals surface area contributed by atoms with Crippen molar-refractivity contribution < 1.29 is 9.59 Å². The highest BCUT2D eigenvalue weighted by Crippen LogP contribution is 2.17. The molecule has 1 saturated heterocycles. The molecule has 3 N–H and O–H groups in total. The third-order valence-electron chi connectivity index (χ3n) is 3.12. The number of rotatable bonds is 5. The van der Waals surface area contributed by atoms with Crippen LogP contribution in [0.2, 0.25) is 0 Å². The molecule has 0 aromatic rings. The van der Waals surface area contributed by atoms with E-state index in [2.05, 4.69) is 12.2 Å². The Kier molecular flexibility index (Phi) is 4.89. The third kappa shape index (κ3) is 2.80. The van der Waals surface area contributed by atoms with Crippen molar-refractivity contribution in [3.63, 3.8) is 0 Å². The fraction of sp³-hybridized carbons (Fsp3) is 0.818. The second-order valence-corrected chi connectivity index (χ2v) is 4.15. The number of nitrogens with one attached hydrogen (secondary N) is 1. The summed E-state index contributed by atoms with van der Waals surface area (Å²) in [5.74, 6) is -0.376. The second-order valence-electron chi connectivity index (χ2n) is 4.15. The minimum absolute atomic E-state index is 0.172. The predicted molar refractivity (Wildman–Crippen MR) is 61.7 cm³/mol. The normalized spacial score (nSPS) is 24.3. The first-order chi connectivity index (χ1) is 7.63. The molecule has 1 fully saturated rings. The average Bonchev–Trinajstić information content (AvgIpc) is 2.25. The molecule has 2 amide bonds. The van der Waals surface area contributed by atoms with Crippen molar-refractivity contribution in [2.75, 3.05) is 13.1 Å². The van der Waals surface area contributed by atoms with Gasteiger partial charge in [-0.3, -0.25) is 19.8 Å². The van der Waals surface area contributed by atoms with E-state index < -0.39 is 0 Å². The van der Waals surface area contributed by atoms with Crippen LogP contribution >= 0.6 is 0 Å². The van der Waals surface area contributed by atoms with Crippen molar-refractivity contribution in [1.29, 1.82) is 0 Å². The van der Waals surface area contributed by atoms with Crippen molar-refractivity contribution >= 4 is 11.8 Å². The highest BCUT2D eigenvalue weighted by atomic mass is 16.2. The van der Waals surface area contributed by atoms with E-state index in [0.29, 0.717) is 13.1 Å². The summed E-state index contributed by atoms with van der Waals surface area (Å²) in [5.41, 5.74) is 5.56. The molecule has 0 aromatic heterocycles. The smallest absolute Gasteiger partial charge is 0.243 e. The van der Waals surface area contributed by atoms with Gasteiger partial charge in [0, 0.05) is 6.04 Å². The van der Waals surface area contributed by atoms with E-state index in [1.165, 1.54) is 0 Å². The van der Waals surface area contributed by atoms with Gasteiger partial charge in [-0.05, 0) is 25.8 Å². The van der Waals surface area contributed by atoms with Crippen LogP contribution in [0.25, 0.3) is 0 Å². The number of carbonyl (C=O) groups excluding carboxylic acids is 2. The molecule has 0 aromatic carbocycles. The van der Waals surface area contributed by atoms with E-state index in [1.54, 1.807) is 0 Å². The minimum atomic E-state index is -0.204. The molecule has 0 radical (unpaired) electrons. The van der Waals surface area contributed by atoms with Gasteiger partial charge in [0.1, 0.15) is 0 Å². The lowest BCUT2D eigenvalue weighted by Crippen LogP contribution is -2.60. The quantitative estimate of drug-likeness (QED) is 0.641. The van der Waals surface area contributed by atoms with Crippen molar-refractivity contribution in [2.24, 2.45) is 5.73 Å². The molecule has 2 unspecified atom stereocenters. The largest absolute Gasteiger partial charge is 0.330 e. The van der Waals surface area contributed by atoms with Gasteiger partial charge in [-0.15, -0.1) is 0 Å². The van der Waals surface area contributed by atoms with Gasteiger partial charge in [-0.1, -0.05) is 13.8 Å². The number of carbonyl (C=O) groups is 2. The molecule has 1 aliphatic heterocycles. The lowest BCUT2D eigenvalue weighted by molar-refractivity contribution is -0.141. The Hall–Kier alpha value is -0.940. The molecule has 5 heteroatoms. The van der Waals surface area contributed by atoms with Crippen LogP contribution in [-0.2, 0) is 9.59 Å². The number of hydrogen-bond acceptors (Lipinski definition) is 4. The SMILES string of the molecule is CCC(CCN)N1CC(=O)NC(=O)C1CC. The number of nitrogens with two attached hydrogens (primary N) is 1. The van der Waals surface area contributed by atoms with Crippen molar-refractivity contribution in [2.45, 2.75) is 45.2 Å². The molecule has 2 atom stereocenters. The Morgan fingerprint density at radius 1 is 1.50 bits per heavy atom. The fourth-order valence-electron chi connectivity index (χ4n) is 2.29. The molecule has 0 saturated carbocycles. The molecule has 0 aliphatic carbocycles. The number of piperazine rings is 1. The number of imide groups is 1. The fourth-order valence-corrected chi connectivity index (χ4v) is 2.29. The topological polar surface area (TPSA) is 75.4 Å². The number of amides is 2. The first-order valence-electron chi connectivity index (χ1n) is 5.93. The molecule has 16 heavy (non-hydrogen) atoms. The van der Waals surface area contributed by atoms with Gasteiger partial charge >= 0.3 is 0 Å². The molecule has 0 bridgehead atoms. The van der Waals surface area contributed by atoms with Crippen molar-refractivity contribution in [3.8, 4) is 0 Å². The Morgan fingerprint density at radius 3 is 2.69 bits per heavy atom. The summed E-state index contributed by atoms with van der Waals surface area (Å²) in [6.07, 6.45) is 2.46. The summed E-state index contributed by atoms with van der Waals surface area (Å²) in [6.45, 7) is 4.91. The van der Waals surface area contributed by atoms with Crippen LogP contribution in [0.3, 0.4) is 0 Å². The summed E-state index contributed by atoms with van der Waals surface area (Å²) in [5, 5.41) is 2.38. The van der Waals surface area contributed by atoms with Gasteiger partial charge in [0.05, 0.1) is 12.6 Å². The Labute approximate surface area is 96.4 Å². The third-order valence-corrected chi connectivity index (χ3v) is 3.12. The molecule has 1 rings (SSSR count). The van der Waals surface area contributed by atoms with E-state index in [-0.39, 0.29) is 23.9 Å². The lowest BCUT2D eigenvalue weighted by atomic mass is 10.0. The second kappa shape index (κ2) is 5.96. The van der Waals surface area contributed by atoms with Gasteiger partial charge in [0.25, 0.3) is 0 Å². The van der Waals surface area contributed by atoms with Crippen LogP contribution in [0.15, 0.2) is 0 Å². The Balaban J connectivity index is 2.79. The van der Waals surface area contributed by atoms with Crippen LogP contribution in [0.5, 0.6) is 0 Å². The van der Waals surface area contributed by atoms with Gasteiger partial charge in [-0.2, -0.15) is 0 Å². The highest BCUT2D eigenvalue weighted by molar-refractivity contribution is 6.01. The maximum atomic E-state index is 11.7. The first-order valence-corrected chi connectivity index (χ1v) is 5.93. The zero-order chi connectivity index (χ0) is 12.1. The monoisotopic (exact) mass is 227 g/mol. The standard InChI is InChI=1S/C11H21N3O2/c1-3-8(5-6-12)14-7-10(15)13-11(16)9(14)4-2/h8-9H,3-7,12H2,1-2H3,(H,13,15,16). The maximum Gasteiger partial charge on any atom is 0.243 e. The molecule has 0 spiro atoms. The highest BCUT2D eigenvalue weighted by Gasteiger charge is 2.35. The molecule has 92 valence electrons. The van der Waals surface area contributed by atoms with Gasteiger partial charge in [0.15, 0.2) is 0 Å². The zero-order valence-corrected chi connectivity index (χ0v) is 10.0. The summed E-state index contributed by atoms with van der Waals surface area (Å²) < 4.78 is 0. The van der Waals surface area contributed by atoms with Crippen LogP contribution < -0.4 is 11.1 Å². The maximum absolute atomic E-state index is 11.7. The summed E-state index contributed by atoms with van der Waals surface area (Å²) in [4.78, 5) is 25.0. The van der Waals surface area contributed by atoms with Crippen LogP contribution in [0.4, 0.5) is 0 Å². The zero-order valence-electron chi connectivity index (χ0n) is 10.0. The van der Waals surface area contributed by atoms with Crippen LogP contribution in [-0.4, -0.2) is 41.9 Å². The van der Waals surface area contributed by atoms with Crippen LogP contribution in [0, 0.1) is 0 Å². The minimum Gasteiger partial charge on any atom is -0.330 e. The van der Waals surface area contributed by atoms with E-state index in [4.69, 9.17) is 5.73 Å². The average molecular weight is 227 g/mol. The lowest BCUT2D eigenvalue weighted by Gasteiger charge is -2.38. The van der Waals surface area contributed by atoms with E-state index in [9.17, 15) is 9.59 Å². The summed E-state index contributed by atoms with van der Waals surface area (Å²) in [7, 11) is 0. The summed E-state index contributed by atoms with van der Waals surface area (Å²) in [6, 6.07) is 0.0409. The van der Waals surface area contributed by atoms with E-state index in [0.717, 1.165) is 19.3 Å². The molecular formula is C11H21N3O2. The van der Waals surface area contributed by atoms with Crippen molar-refractivity contribution in [3.05, 3.63) is 0 Å². The molecule has 1 heterocycles. The van der Waals surface area contributed by atoms with Gasteiger partial charge < -0.3 is 5.73 Å². The molecule has 5 nitrogen and oxygen atoms in total. The summed E-state index contributed by atoms with van der Waals surface area (Å²) >= 11 is 0. The van der Waals surface area contributed by atoms with E-state index in [1.807, 2.05) is 11.8 Å². The van der Waals surface area contributed by atoms with E-state index >= 15 is 0 Å². The van der Waals surface area contributed by atoms with Crippen LogP contribution in [0.1, 0.15) is 33.1 Å². The van der Waals surface area contributed by atoms with Gasteiger partial charge in [0.2, 0.25) is 11.8 Å². The van der Waals surface area contributed by atoms with Crippen molar-refractivity contribution in [1.82, 2.24) is 10.2 Å². The molecular weight excluding hydrogens is 206 g/mol. The van der Waals surface area contributed by atoms with Gasteiger partial charge in [-0.25, -0.2) is 0 Å². The Bertz CT molecular complexity index is 268. The Morgan fingerprint density at radius 2 is 2.19 bits per heavy atom. The predicted octanol–water partition coefficient (Wildman–Crippen LogP) is -0.149. The number of nitrogens with zero attached hydrogens (tertiary/aromatic N) is 1.